The molecule has 0 aromatic heterocycles. The van der Waals surface area contributed by atoms with Crippen LogP contribution in [-0.4, -0.2) is 19.3 Å². The van der Waals surface area contributed by atoms with Gasteiger partial charge in [0.1, 0.15) is 0 Å². The molecular weight excluding hydrogens is 162 g/mol. The maximum absolute atomic E-state index is 5.87. The Balaban J connectivity index is 3.11. The van der Waals surface area contributed by atoms with Crippen molar-refractivity contribution in [3.8, 4) is 12.3 Å². The Hall–Kier alpha value is -0.520. The quantitative estimate of drug-likeness (QED) is 0.461. The number of hydrogen-bond donors (Lipinski definition) is 1. The van der Waals surface area contributed by atoms with Crippen molar-refractivity contribution in [2.24, 2.45) is 5.73 Å². The topological polar surface area (TPSA) is 35.2 Å². The second-order valence-electron chi connectivity index (χ2n) is 3.20. The molecule has 0 heterocycles. The first-order chi connectivity index (χ1) is 6.31. The van der Waals surface area contributed by atoms with Crippen LogP contribution in [-0.2, 0) is 4.74 Å². The first-order valence-corrected chi connectivity index (χ1v) is 5.08. The van der Waals surface area contributed by atoms with Crippen LogP contribution < -0.4 is 5.73 Å². The summed E-state index contributed by atoms with van der Waals surface area (Å²) in [6.45, 7) is 3.64. The first kappa shape index (κ1) is 12.5. The highest BCUT2D eigenvalue weighted by molar-refractivity contribution is 4.83. The van der Waals surface area contributed by atoms with Gasteiger partial charge in [0, 0.05) is 25.7 Å². The van der Waals surface area contributed by atoms with E-state index in [0.29, 0.717) is 6.04 Å². The highest BCUT2D eigenvalue weighted by atomic mass is 16.5. The fourth-order valence-electron chi connectivity index (χ4n) is 1.20. The molecule has 0 aliphatic rings. The first-order valence-electron chi connectivity index (χ1n) is 5.08. The molecule has 1 atom stereocenters. The summed E-state index contributed by atoms with van der Waals surface area (Å²) in [5, 5.41) is 0. The molecule has 0 saturated carbocycles. The molecule has 0 spiro atoms. The van der Waals surface area contributed by atoms with Crippen molar-refractivity contribution in [1.29, 1.82) is 0 Å². The standard InChI is InChI=1S/C11H21NO/c1-3-5-6-8-11(12)9-7-10-13-4-2/h1,11H,4-10,12H2,2H3. The predicted octanol–water partition coefficient (Wildman–Crippen LogP) is 1.93. The average molecular weight is 183 g/mol. The predicted molar refractivity (Wildman–Crippen MR) is 56.4 cm³/mol. The van der Waals surface area contributed by atoms with E-state index in [9.17, 15) is 0 Å². The van der Waals surface area contributed by atoms with E-state index in [-0.39, 0.29) is 0 Å². The summed E-state index contributed by atoms with van der Waals surface area (Å²) in [5.41, 5.74) is 5.87. The Labute approximate surface area is 81.8 Å². The van der Waals surface area contributed by atoms with Gasteiger partial charge in [-0.05, 0) is 32.6 Å². The highest BCUT2D eigenvalue weighted by Crippen LogP contribution is 2.04. The third-order valence-electron chi connectivity index (χ3n) is 1.96. The van der Waals surface area contributed by atoms with Crippen molar-refractivity contribution in [1.82, 2.24) is 0 Å². The van der Waals surface area contributed by atoms with E-state index in [2.05, 4.69) is 5.92 Å². The molecule has 0 amide bonds. The summed E-state index contributed by atoms with van der Waals surface area (Å²) in [4.78, 5) is 0. The molecule has 0 aliphatic heterocycles. The fourth-order valence-corrected chi connectivity index (χ4v) is 1.20. The van der Waals surface area contributed by atoms with Gasteiger partial charge in [-0.15, -0.1) is 12.3 Å². The summed E-state index contributed by atoms with van der Waals surface area (Å²) in [7, 11) is 0. The summed E-state index contributed by atoms with van der Waals surface area (Å²) < 4.78 is 5.22. The molecule has 0 rings (SSSR count). The van der Waals surface area contributed by atoms with E-state index in [1.54, 1.807) is 0 Å². The zero-order valence-electron chi connectivity index (χ0n) is 8.59. The van der Waals surface area contributed by atoms with E-state index in [1.807, 2.05) is 6.92 Å². The molecule has 2 heteroatoms. The fraction of sp³-hybridized carbons (Fsp3) is 0.818. The third-order valence-corrected chi connectivity index (χ3v) is 1.96. The summed E-state index contributed by atoms with van der Waals surface area (Å²) >= 11 is 0. The molecule has 13 heavy (non-hydrogen) atoms. The average Bonchev–Trinajstić information content (AvgIpc) is 2.13. The lowest BCUT2D eigenvalue weighted by Gasteiger charge is -2.09. The molecule has 0 aromatic rings. The van der Waals surface area contributed by atoms with E-state index in [1.165, 1.54) is 0 Å². The van der Waals surface area contributed by atoms with Gasteiger partial charge in [-0.1, -0.05) is 0 Å². The van der Waals surface area contributed by atoms with Crippen LogP contribution in [0.1, 0.15) is 39.0 Å². The molecule has 0 fully saturated rings. The number of unbranched alkanes of at least 4 members (excludes halogenated alkanes) is 1. The third kappa shape index (κ3) is 9.39. The normalized spacial score (nSPS) is 12.4. The Morgan fingerprint density at radius 2 is 2.08 bits per heavy atom. The Morgan fingerprint density at radius 1 is 1.38 bits per heavy atom. The van der Waals surface area contributed by atoms with Gasteiger partial charge in [-0.2, -0.15) is 0 Å². The van der Waals surface area contributed by atoms with E-state index >= 15 is 0 Å². The van der Waals surface area contributed by atoms with Crippen LogP contribution in [0.3, 0.4) is 0 Å². The maximum atomic E-state index is 5.87. The lowest BCUT2D eigenvalue weighted by molar-refractivity contribution is 0.141. The zero-order valence-corrected chi connectivity index (χ0v) is 8.59. The molecule has 0 aliphatic carbocycles. The van der Waals surface area contributed by atoms with Gasteiger partial charge in [0.05, 0.1) is 0 Å². The molecule has 0 saturated heterocycles. The minimum Gasteiger partial charge on any atom is -0.382 e. The molecular formula is C11H21NO. The smallest absolute Gasteiger partial charge is 0.0466 e. The molecule has 2 N–H and O–H groups in total. The van der Waals surface area contributed by atoms with Crippen molar-refractivity contribution >= 4 is 0 Å². The second kappa shape index (κ2) is 9.57. The number of hydrogen-bond acceptors (Lipinski definition) is 2. The SMILES string of the molecule is C#CCCCC(N)CCCOCC. The monoisotopic (exact) mass is 183 g/mol. The Morgan fingerprint density at radius 3 is 2.69 bits per heavy atom. The minimum absolute atomic E-state index is 0.300. The maximum Gasteiger partial charge on any atom is 0.0466 e. The number of rotatable bonds is 8. The number of nitrogens with two attached hydrogens (primary N) is 1. The van der Waals surface area contributed by atoms with Gasteiger partial charge in [-0.25, -0.2) is 0 Å². The largest absolute Gasteiger partial charge is 0.382 e. The van der Waals surface area contributed by atoms with Crippen LogP contribution in [0.25, 0.3) is 0 Å². The summed E-state index contributed by atoms with van der Waals surface area (Å²) in [6, 6.07) is 0.300. The van der Waals surface area contributed by atoms with Gasteiger partial charge in [0.15, 0.2) is 0 Å². The van der Waals surface area contributed by atoms with E-state index in [4.69, 9.17) is 16.9 Å². The van der Waals surface area contributed by atoms with Gasteiger partial charge in [0.25, 0.3) is 0 Å². The van der Waals surface area contributed by atoms with Crippen LogP contribution in [0.5, 0.6) is 0 Å². The zero-order chi connectivity index (χ0) is 9.94. The van der Waals surface area contributed by atoms with Gasteiger partial charge < -0.3 is 10.5 Å². The lowest BCUT2D eigenvalue weighted by Crippen LogP contribution is -2.20. The minimum atomic E-state index is 0.300. The molecule has 2 nitrogen and oxygen atoms in total. The van der Waals surface area contributed by atoms with Crippen molar-refractivity contribution in [2.45, 2.75) is 45.1 Å². The van der Waals surface area contributed by atoms with Crippen molar-refractivity contribution < 1.29 is 4.74 Å². The second-order valence-corrected chi connectivity index (χ2v) is 3.20. The molecule has 0 aromatic carbocycles. The molecule has 0 radical (unpaired) electrons. The van der Waals surface area contributed by atoms with Gasteiger partial charge in [-0.3, -0.25) is 0 Å². The van der Waals surface area contributed by atoms with E-state index < -0.39 is 0 Å². The molecule has 1 unspecified atom stereocenters. The highest BCUT2D eigenvalue weighted by Gasteiger charge is 2.00. The Kier molecular flexibility index (Phi) is 9.18. The molecule has 0 bridgehead atoms. The van der Waals surface area contributed by atoms with Crippen LogP contribution in [0.2, 0.25) is 0 Å². The summed E-state index contributed by atoms with van der Waals surface area (Å²) in [6.07, 6.45) is 10.2. The van der Waals surface area contributed by atoms with Crippen LogP contribution in [0.15, 0.2) is 0 Å². The number of terminal acetylenes is 1. The van der Waals surface area contributed by atoms with Gasteiger partial charge in [0.2, 0.25) is 0 Å². The van der Waals surface area contributed by atoms with Crippen molar-refractivity contribution in [2.75, 3.05) is 13.2 Å². The van der Waals surface area contributed by atoms with Crippen molar-refractivity contribution in [3.63, 3.8) is 0 Å². The van der Waals surface area contributed by atoms with Gasteiger partial charge >= 0.3 is 0 Å². The number of ether oxygens (including phenoxy) is 1. The van der Waals surface area contributed by atoms with Crippen LogP contribution >= 0.6 is 0 Å². The Bertz CT molecular complexity index is 140. The lowest BCUT2D eigenvalue weighted by atomic mass is 10.1. The van der Waals surface area contributed by atoms with Crippen LogP contribution in [0.4, 0.5) is 0 Å². The molecule has 76 valence electrons. The summed E-state index contributed by atoms with van der Waals surface area (Å²) in [5.74, 6) is 2.62. The van der Waals surface area contributed by atoms with Crippen molar-refractivity contribution in [3.05, 3.63) is 0 Å². The van der Waals surface area contributed by atoms with Crippen LogP contribution in [0, 0.1) is 12.3 Å². The van der Waals surface area contributed by atoms with E-state index in [0.717, 1.165) is 45.3 Å².